The highest BCUT2D eigenvalue weighted by molar-refractivity contribution is 5.88. The Morgan fingerprint density at radius 1 is 1.25 bits per heavy atom. The fraction of sp³-hybridized carbons (Fsp3) is 0.250. The first-order chi connectivity index (χ1) is 9.65. The van der Waals surface area contributed by atoms with Crippen LogP contribution in [0, 0.1) is 0 Å². The number of hydrogen-bond donors (Lipinski definition) is 2. The lowest BCUT2D eigenvalue weighted by Gasteiger charge is -2.15. The Hall–Kier alpha value is -2.20. The molecule has 0 saturated carbocycles. The molecular weight excluding hydrogens is 250 g/mol. The van der Waals surface area contributed by atoms with Crippen LogP contribution in [0.5, 0.6) is 0 Å². The van der Waals surface area contributed by atoms with Crippen molar-refractivity contribution in [3.8, 4) is 0 Å². The van der Waals surface area contributed by atoms with Gasteiger partial charge in [0.1, 0.15) is 0 Å². The molecule has 1 amide bonds. The first-order valence-electron chi connectivity index (χ1n) is 6.66. The summed E-state index contributed by atoms with van der Waals surface area (Å²) in [6.07, 6.45) is 1.79. The van der Waals surface area contributed by atoms with Crippen molar-refractivity contribution in [2.24, 2.45) is 0 Å². The van der Waals surface area contributed by atoms with Crippen molar-refractivity contribution in [3.63, 3.8) is 0 Å². The van der Waals surface area contributed by atoms with Crippen LogP contribution in [0.15, 0.2) is 48.7 Å². The summed E-state index contributed by atoms with van der Waals surface area (Å²) in [5, 5.41) is 6.22. The largest absolute Gasteiger partial charge is 0.326 e. The van der Waals surface area contributed by atoms with E-state index in [2.05, 4.69) is 22.5 Å². The van der Waals surface area contributed by atoms with Gasteiger partial charge in [0.05, 0.1) is 5.69 Å². The van der Waals surface area contributed by atoms with E-state index in [0.717, 1.165) is 16.9 Å². The van der Waals surface area contributed by atoms with E-state index in [-0.39, 0.29) is 11.9 Å². The molecule has 0 aliphatic heterocycles. The number of aromatic nitrogens is 1. The topological polar surface area (TPSA) is 54.0 Å². The van der Waals surface area contributed by atoms with Gasteiger partial charge in [0.15, 0.2) is 0 Å². The number of rotatable bonds is 5. The first kappa shape index (κ1) is 14.2. The van der Waals surface area contributed by atoms with E-state index in [0.29, 0.717) is 6.54 Å². The molecule has 1 atom stereocenters. The van der Waals surface area contributed by atoms with Crippen LogP contribution in [0.3, 0.4) is 0 Å². The second-order valence-corrected chi connectivity index (χ2v) is 4.73. The van der Waals surface area contributed by atoms with Crippen LogP contribution < -0.4 is 10.6 Å². The van der Waals surface area contributed by atoms with Gasteiger partial charge in [0.2, 0.25) is 5.91 Å². The van der Waals surface area contributed by atoms with Crippen molar-refractivity contribution in [1.29, 1.82) is 0 Å². The number of anilines is 1. The summed E-state index contributed by atoms with van der Waals surface area (Å²) in [5.74, 6) is -0.0590. The van der Waals surface area contributed by atoms with Crippen molar-refractivity contribution in [2.75, 3.05) is 5.32 Å². The van der Waals surface area contributed by atoms with Crippen LogP contribution in [0.4, 0.5) is 5.69 Å². The van der Waals surface area contributed by atoms with Gasteiger partial charge in [-0.25, -0.2) is 0 Å². The van der Waals surface area contributed by atoms with E-state index < -0.39 is 0 Å². The van der Waals surface area contributed by atoms with Gasteiger partial charge >= 0.3 is 0 Å². The molecule has 1 aromatic heterocycles. The third kappa shape index (κ3) is 4.17. The standard InChI is InChI=1S/C16H19N3O/c1-12(18-11-16-7-3-4-9-17-16)14-6-5-8-15(10-14)19-13(2)20/h3-10,12,18H,11H2,1-2H3,(H,19,20)/t12-/m1/s1. The number of carbonyl (C=O) groups excluding carboxylic acids is 1. The molecule has 0 spiro atoms. The van der Waals surface area contributed by atoms with E-state index in [4.69, 9.17) is 0 Å². The smallest absolute Gasteiger partial charge is 0.221 e. The second kappa shape index (κ2) is 6.82. The maximum absolute atomic E-state index is 11.1. The summed E-state index contributed by atoms with van der Waals surface area (Å²) in [5.41, 5.74) is 2.96. The van der Waals surface area contributed by atoms with Gasteiger partial charge < -0.3 is 10.6 Å². The molecule has 0 unspecified atom stereocenters. The van der Waals surface area contributed by atoms with Crippen molar-refractivity contribution in [3.05, 3.63) is 59.9 Å². The van der Waals surface area contributed by atoms with Crippen LogP contribution in [-0.2, 0) is 11.3 Å². The van der Waals surface area contributed by atoms with Crippen molar-refractivity contribution in [1.82, 2.24) is 10.3 Å². The minimum atomic E-state index is -0.0590. The van der Waals surface area contributed by atoms with Crippen LogP contribution in [0.1, 0.15) is 31.1 Å². The third-order valence-electron chi connectivity index (χ3n) is 3.02. The quantitative estimate of drug-likeness (QED) is 0.877. The van der Waals surface area contributed by atoms with Gasteiger partial charge in [0.25, 0.3) is 0 Å². The summed E-state index contributed by atoms with van der Waals surface area (Å²) in [6.45, 7) is 4.32. The summed E-state index contributed by atoms with van der Waals surface area (Å²) in [7, 11) is 0. The fourth-order valence-corrected chi connectivity index (χ4v) is 1.97. The van der Waals surface area contributed by atoms with Crippen LogP contribution in [0.25, 0.3) is 0 Å². The summed E-state index contributed by atoms with van der Waals surface area (Å²) in [6, 6.07) is 13.9. The average Bonchev–Trinajstić information content (AvgIpc) is 2.45. The lowest BCUT2D eigenvalue weighted by Crippen LogP contribution is -2.19. The molecule has 0 aliphatic rings. The van der Waals surface area contributed by atoms with Gasteiger partial charge in [-0.15, -0.1) is 0 Å². The Balaban J connectivity index is 1.98. The number of carbonyl (C=O) groups is 1. The Kier molecular flexibility index (Phi) is 4.85. The third-order valence-corrected chi connectivity index (χ3v) is 3.02. The molecule has 2 rings (SSSR count). The maximum Gasteiger partial charge on any atom is 0.221 e. The Morgan fingerprint density at radius 3 is 2.80 bits per heavy atom. The number of nitrogens with one attached hydrogen (secondary N) is 2. The van der Waals surface area contributed by atoms with Crippen LogP contribution in [0.2, 0.25) is 0 Å². The zero-order valence-corrected chi connectivity index (χ0v) is 11.8. The van der Waals surface area contributed by atoms with E-state index in [1.165, 1.54) is 6.92 Å². The summed E-state index contributed by atoms with van der Waals surface area (Å²) < 4.78 is 0. The van der Waals surface area contributed by atoms with Gasteiger partial charge in [-0.05, 0) is 36.8 Å². The Morgan fingerprint density at radius 2 is 2.10 bits per heavy atom. The molecule has 0 bridgehead atoms. The van der Waals surface area contributed by atoms with Crippen molar-refractivity contribution < 1.29 is 4.79 Å². The minimum absolute atomic E-state index is 0.0590. The molecule has 1 aromatic carbocycles. The predicted molar refractivity (Wildman–Crippen MR) is 80.2 cm³/mol. The molecule has 4 nitrogen and oxygen atoms in total. The van der Waals surface area contributed by atoms with E-state index in [9.17, 15) is 4.79 Å². The van der Waals surface area contributed by atoms with Gasteiger partial charge in [0, 0.05) is 31.4 Å². The van der Waals surface area contributed by atoms with Crippen molar-refractivity contribution >= 4 is 11.6 Å². The molecule has 0 radical (unpaired) electrons. The maximum atomic E-state index is 11.1. The SMILES string of the molecule is CC(=O)Nc1cccc([C@@H](C)NCc2ccccn2)c1. The zero-order chi connectivity index (χ0) is 14.4. The Labute approximate surface area is 119 Å². The molecule has 20 heavy (non-hydrogen) atoms. The molecule has 0 fully saturated rings. The highest BCUT2D eigenvalue weighted by atomic mass is 16.1. The first-order valence-corrected chi connectivity index (χ1v) is 6.66. The molecule has 104 valence electrons. The minimum Gasteiger partial charge on any atom is -0.326 e. The normalized spacial score (nSPS) is 11.9. The lowest BCUT2D eigenvalue weighted by atomic mass is 10.1. The van der Waals surface area contributed by atoms with Crippen molar-refractivity contribution in [2.45, 2.75) is 26.4 Å². The molecule has 1 heterocycles. The number of benzene rings is 1. The second-order valence-electron chi connectivity index (χ2n) is 4.73. The highest BCUT2D eigenvalue weighted by Crippen LogP contribution is 2.17. The van der Waals surface area contributed by atoms with Crippen LogP contribution in [-0.4, -0.2) is 10.9 Å². The van der Waals surface area contributed by atoms with E-state index in [1.54, 1.807) is 6.20 Å². The Bertz CT molecular complexity index is 569. The fourth-order valence-electron chi connectivity index (χ4n) is 1.97. The van der Waals surface area contributed by atoms with Gasteiger partial charge in [-0.1, -0.05) is 18.2 Å². The number of hydrogen-bond acceptors (Lipinski definition) is 3. The average molecular weight is 269 g/mol. The lowest BCUT2D eigenvalue weighted by molar-refractivity contribution is -0.114. The summed E-state index contributed by atoms with van der Waals surface area (Å²) in [4.78, 5) is 15.4. The molecule has 4 heteroatoms. The number of amides is 1. The molecule has 2 aromatic rings. The number of pyridine rings is 1. The highest BCUT2D eigenvalue weighted by Gasteiger charge is 2.06. The molecule has 0 saturated heterocycles. The molecule has 0 aliphatic carbocycles. The monoisotopic (exact) mass is 269 g/mol. The number of nitrogens with zero attached hydrogens (tertiary/aromatic N) is 1. The van der Waals surface area contributed by atoms with Gasteiger partial charge in [-0.3, -0.25) is 9.78 Å². The zero-order valence-electron chi connectivity index (χ0n) is 11.8. The molecule has 2 N–H and O–H groups in total. The molecular formula is C16H19N3O. The van der Waals surface area contributed by atoms with Crippen LogP contribution >= 0.6 is 0 Å². The van der Waals surface area contributed by atoms with E-state index >= 15 is 0 Å². The predicted octanol–water partition coefficient (Wildman–Crippen LogP) is 2.89. The summed E-state index contributed by atoms with van der Waals surface area (Å²) >= 11 is 0. The van der Waals surface area contributed by atoms with E-state index in [1.807, 2.05) is 42.5 Å². The van der Waals surface area contributed by atoms with Gasteiger partial charge in [-0.2, -0.15) is 0 Å².